The lowest BCUT2D eigenvalue weighted by molar-refractivity contribution is -0.245. The average molecular weight is 609 g/mol. The Hall–Kier alpha value is -3.41. The minimum atomic E-state index is -0.559. The number of carbonyl (C=O) groups excluding carboxylic acids is 2. The number of hydroxylamine groups is 1. The molecule has 1 aliphatic heterocycles. The molecule has 0 aliphatic carbocycles. The Balaban J connectivity index is 1.35. The summed E-state index contributed by atoms with van der Waals surface area (Å²) in [6.07, 6.45) is 2.56. The third-order valence-electron chi connectivity index (χ3n) is 7.28. The van der Waals surface area contributed by atoms with Gasteiger partial charge in [0.15, 0.2) is 6.29 Å². The van der Waals surface area contributed by atoms with E-state index >= 15 is 0 Å². The Labute approximate surface area is 256 Å². The first-order valence-corrected chi connectivity index (χ1v) is 15.5. The standard InChI is InChI=1S/C33H40N2O7S/c1-40-28-7-5-6-8-30(28)43-22-27-19-29(25-15-13-24(21-36)14-16-25)42-33(41-27)26-17-11-23(12-18-26)20-34-31(37)9-3-2-4-10-32(38)35-39/h5-8,11-18,27,29,33,36,39H,2-4,9-10,19-22H2,1H3,(H,34,37)(H,35,38)/t27-,29+,33+/m0/s1. The zero-order valence-corrected chi connectivity index (χ0v) is 25.2. The fraction of sp³-hybridized carbons (Fsp3) is 0.394. The lowest BCUT2D eigenvalue weighted by atomic mass is 10.0. The number of benzene rings is 3. The number of carbonyl (C=O) groups is 2. The summed E-state index contributed by atoms with van der Waals surface area (Å²) in [6, 6.07) is 23.7. The van der Waals surface area contributed by atoms with Crippen LogP contribution in [0.2, 0.25) is 0 Å². The third kappa shape index (κ3) is 10.1. The van der Waals surface area contributed by atoms with Crippen molar-refractivity contribution in [2.75, 3.05) is 12.9 Å². The highest BCUT2D eigenvalue weighted by molar-refractivity contribution is 7.99. The molecule has 0 unspecified atom stereocenters. The minimum absolute atomic E-state index is 0.00593. The van der Waals surface area contributed by atoms with Crippen molar-refractivity contribution in [2.24, 2.45) is 0 Å². The third-order valence-corrected chi connectivity index (χ3v) is 8.47. The first kappa shape index (κ1) is 32.5. The monoisotopic (exact) mass is 608 g/mol. The Morgan fingerprint density at radius 2 is 1.56 bits per heavy atom. The van der Waals surface area contributed by atoms with Crippen LogP contribution in [0.15, 0.2) is 77.7 Å². The van der Waals surface area contributed by atoms with E-state index in [1.165, 1.54) is 0 Å². The molecule has 1 aliphatic rings. The Bertz CT molecular complexity index is 1300. The molecule has 0 spiro atoms. The number of hydrogen-bond donors (Lipinski definition) is 4. The summed E-state index contributed by atoms with van der Waals surface area (Å²) in [7, 11) is 1.67. The van der Waals surface area contributed by atoms with E-state index in [0.29, 0.717) is 32.2 Å². The van der Waals surface area contributed by atoms with Crippen LogP contribution in [0.25, 0.3) is 0 Å². The lowest BCUT2D eigenvalue weighted by Crippen LogP contribution is -2.31. The van der Waals surface area contributed by atoms with Gasteiger partial charge in [-0.2, -0.15) is 0 Å². The molecule has 10 heteroatoms. The van der Waals surface area contributed by atoms with Crippen LogP contribution in [0, 0.1) is 0 Å². The van der Waals surface area contributed by atoms with E-state index in [9.17, 15) is 14.7 Å². The maximum Gasteiger partial charge on any atom is 0.243 e. The molecule has 3 aromatic rings. The second-order valence-corrected chi connectivity index (χ2v) is 11.5. The number of unbranched alkanes of at least 4 members (excludes halogenated alkanes) is 2. The molecule has 0 radical (unpaired) electrons. The van der Waals surface area contributed by atoms with E-state index in [1.807, 2.05) is 72.8 Å². The van der Waals surface area contributed by atoms with E-state index in [-0.39, 0.29) is 31.1 Å². The van der Waals surface area contributed by atoms with Crippen molar-refractivity contribution in [3.63, 3.8) is 0 Å². The van der Waals surface area contributed by atoms with Gasteiger partial charge in [-0.05, 0) is 41.7 Å². The highest BCUT2D eigenvalue weighted by Gasteiger charge is 2.32. The largest absolute Gasteiger partial charge is 0.496 e. The zero-order valence-electron chi connectivity index (χ0n) is 24.4. The van der Waals surface area contributed by atoms with Crippen LogP contribution in [0.3, 0.4) is 0 Å². The summed E-state index contributed by atoms with van der Waals surface area (Å²) in [5, 5.41) is 20.9. The van der Waals surface area contributed by atoms with E-state index in [2.05, 4.69) is 5.32 Å². The number of nitrogens with one attached hydrogen (secondary N) is 2. The van der Waals surface area contributed by atoms with Gasteiger partial charge in [-0.1, -0.05) is 67.1 Å². The molecule has 0 bridgehead atoms. The van der Waals surface area contributed by atoms with Crippen LogP contribution >= 0.6 is 11.8 Å². The van der Waals surface area contributed by atoms with Crippen molar-refractivity contribution >= 4 is 23.6 Å². The zero-order chi connectivity index (χ0) is 30.4. The summed E-state index contributed by atoms with van der Waals surface area (Å²) in [5.74, 6) is 1.11. The molecule has 43 heavy (non-hydrogen) atoms. The number of methoxy groups -OCH3 is 1. The summed E-state index contributed by atoms with van der Waals surface area (Å²) in [4.78, 5) is 24.3. The molecule has 4 N–H and O–H groups in total. The molecule has 3 atom stereocenters. The molecule has 0 aromatic heterocycles. The fourth-order valence-corrected chi connectivity index (χ4v) is 5.88. The van der Waals surface area contributed by atoms with E-state index in [0.717, 1.165) is 45.1 Å². The fourth-order valence-electron chi connectivity index (χ4n) is 4.83. The molecule has 3 aromatic carbocycles. The number of rotatable bonds is 15. The van der Waals surface area contributed by atoms with Crippen molar-refractivity contribution in [1.29, 1.82) is 0 Å². The van der Waals surface area contributed by atoms with Crippen LogP contribution in [0.5, 0.6) is 5.75 Å². The second-order valence-electron chi connectivity index (χ2n) is 10.4. The van der Waals surface area contributed by atoms with Crippen LogP contribution < -0.4 is 15.5 Å². The molecule has 2 amide bonds. The highest BCUT2D eigenvalue weighted by atomic mass is 32.2. The van der Waals surface area contributed by atoms with Crippen molar-refractivity contribution in [3.05, 3.63) is 95.1 Å². The molecule has 1 fully saturated rings. The first-order valence-electron chi connectivity index (χ1n) is 14.5. The number of aliphatic hydroxyl groups excluding tert-OH is 1. The quantitative estimate of drug-likeness (QED) is 0.0761. The Morgan fingerprint density at radius 1 is 0.884 bits per heavy atom. The van der Waals surface area contributed by atoms with Gasteiger partial charge in [0.1, 0.15) is 5.75 Å². The van der Waals surface area contributed by atoms with Crippen molar-refractivity contribution in [1.82, 2.24) is 10.8 Å². The van der Waals surface area contributed by atoms with E-state index < -0.39 is 12.2 Å². The lowest BCUT2D eigenvalue weighted by Gasteiger charge is -2.36. The van der Waals surface area contributed by atoms with E-state index in [4.69, 9.17) is 19.4 Å². The van der Waals surface area contributed by atoms with Crippen molar-refractivity contribution in [3.8, 4) is 5.75 Å². The van der Waals surface area contributed by atoms with Gasteiger partial charge < -0.3 is 24.6 Å². The molecule has 1 heterocycles. The number of para-hydroxylation sites is 1. The summed E-state index contributed by atoms with van der Waals surface area (Å²) >= 11 is 1.69. The molecular formula is C33H40N2O7S. The van der Waals surface area contributed by atoms with Crippen LogP contribution in [-0.2, 0) is 32.2 Å². The molecule has 230 valence electrons. The van der Waals surface area contributed by atoms with Crippen LogP contribution in [-0.4, -0.2) is 41.1 Å². The number of ether oxygens (including phenoxy) is 3. The minimum Gasteiger partial charge on any atom is -0.496 e. The van der Waals surface area contributed by atoms with Gasteiger partial charge >= 0.3 is 0 Å². The normalized spacial score (nSPS) is 18.2. The van der Waals surface area contributed by atoms with Gasteiger partial charge in [0, 0.05) is 42.0 Å². The Morgan fingerprint density at radius 3 is 2.26 bits per heavy atom. The van der Waals surface area contributed by atoms with Gasteiger partial charge in [0.05, 0.1) is 25.9 Å². The predicted octanol–water partition coefficient (Wildman–Crippen LogP) is 5.60. The number of aliphatic hydroxyl groups is 1. The topological polar surface area (TPSA) is 126 Å². The van der Waals surface area contributed by atoms with Gasteiger partial charge in [0.25, 0.3) is 0 Å². The predicted molar refractivity (Wildman–Crippen MR) is 163 cm³/mol. The average Bonchev–Trinajstić information content (AvgIpc) is 3.06. The SMILES string of the molecule is COc1ccccc1SC[C@@H]1C[C@H](c2ccc(CO)cc2)O[C@H](c2ccc(CNC(=O)CCCCCC(=O)NO)cc2)O1. The summed E-state index contributed by atoms with van der Waals surface area (Å²) in [5.41, 5.74) is 5.36. The van der Waals surface area contributed by atoms with Gasteiger partial charge in [0.2, 0.25) is 11.8 Å². The molecule has 1 saturated heterocycles. The van der Waals surface area contributed by atoms with Crippen molar-refractivity contribution < 1.29 is 34.1 Å². The second kappa shape index (κ2) is 17.0. The summed E-state index contributed by atoms with van der Waals surface area (Å²) < 4.78 is 18.4. The van der Waals surface area contributed by atoms with E-state index in [1.54, 1.807) is 24.4 Å². The van der Waals surface area contributed by atoms with Gasteiger partial charge in [-0.25, -0.2) is 5.48 Å². The molecular weight excluding hydrogens is 568 g/mol. The van der Waals surface area contributed by atoms with Gasteiger partial charge in [-0.15, -0.1) is 11.8 Å². The number of amides is 2. The van der Waals surface area contributed by atoms with Crippen LogP contribution in [0.1, 0.15) is 73.2 Å². The highest BCUT2D eigenvalue weighted by Crippen LogP contribution is 2.40. The maximum atomic E-state index is 12.2. The van der Waals surface area contributed by atoms with Crippen molar-refractivity contribution in [2.45, 2.75) is 75.1 Å². The smallest absolute Gasteiger partial charge is 0.243 e. The Kier molecular flexibility index (Phi) is 12.9. The maximum absolute atomic E-state index is 12.2. The molecule has 9 nitrogen and oxygen atoms in total. The molecule has 4 rings (SSSR count). The first-order chi connectivity index (χ1) is 21.0. The summed E-state index contributed by atoms with van der Waals surface area (Å²) in [6.45, 7) is 0.407. The number of hydrogen-bond acceptors (Lipinski definition) is 8. The van der Waals surface area contributed by atoms with Crippen LogP contribution in [0.4, 0.5) is 0 Å². The van der Waals surface area contributed by atoms with Gasteiger partial charge in [-0.3, -0.25) is 14.8 Å². The number of thioether (sulfide) groups is 1. The molecule has 0 saturated carbocycles.